The third-order valence-electron chi connectivity index (χ3n) is 1.67. The number of fused-ring (bicyclic) bond motifs is 1. The summed E-state index contributed by atoms with van der Waals surface area (Å²) in [5.74, 6) is -0.262. The predicted molar refractivity (Wildman–Crippen MR) is 49.7 cm³/mol. The molecule has 0 nitrogen and oxygen atoms in total. The Kier molecular flexibility index (Phi) is 5.23. The standard InChI is InChI=1S/C9H6F.2ClH.Zr/c10-9-5-4-7-2-1-3-8(7)6-9;;;/h1-2,4,6H,3H2;2*1H;/q-1;;;+2/p-2. The molecule has 0 aliphatic heterocycles. The van der Waals surface area contributed by atoms with Gasteiger partial charge in [-0.2, -0.15) is 6.07 Å². The van der Waals surface area contributed by atoms with Crippen LogP contribution in [0.25, 0.3) is 6.08 Å². The Hall–Kier alpha value is 0.353. The average molecular weight is 295 g/mol. The van der Waals surface area contributed by atoms with Gasteiger partial charge in [0.25, 0.3) is 0 Å². The number of allylic oxidation sites excluding steroid dienone is 1. The molecule has 0 amide bonds. The van der Waals surface area contributed by atoms with Crippen molar-refractivity contribution in [3.63, 3.8) is 0 Å². The molecule has 0 saturated carbocycles. The summed E-state index contributed by atoms with van der Waals surface area (Å²) in [7, 11) is 9.87. The second kappa shape index (κ2) is 5.95. The van der Waals surface area contributed by atoms with Gasteiger partial charge in [-0.15, -0.1) is 29.3 Å². The van der Waals surface area contributed by atoms with Gasteiger partial charge in [-0.1, -0.05) is 6.08 Å². The van der Waals surface area contributed by atoms with E-state index >= 15 is 0 Å². The van der Waals surface area contributed by atoms with Crippen molar-refractivity contribution in [2.45, 2.75) is 6.42 Å². The second-order valence-electron chi connectivity index (χ2n) is 2.44. The summed E-state index contributed by atoms with van der Waals surface area (Å²) in [6.45, 7) is 0. The summed E-state index contributed by atoms with van der Waals surface area (Å²) in [5.41, 5.74) is 2.16. The van der Waals surface area contributed by atoms with E-state index in [0.29, 0.717) is 0 Å². The molecule has 1 aliphatic carbocycles. The summed E-state index contributed by atoms with van der Waals surface area (Å²) in [6.07, 6.45) is 4.88. The van der Waals surface area contributed by atoms with Crippen LogP contribution in [0.1, 0.15) is 11.1 Å². The van der Waals surface area contributed by atoms with Gasteiger partial charge < -0.3 is 0 Å². The topological polar surface area (TPSA) is 0 Å². The van der Waals surface area contributed by atoms with E-state index in [1.807, 2.05) is 12.2 Å². The minimum absolute atomic E-state index is 0.262. The van der Waals surface area contributed by atoms with E-state index in [0.717, 1.165) is 17.5 Å². The first-order chi connectivity index (χ1) is 6.27. The fourth-order valence-electron chi connectivity index (χ4n) is 1.16. The van der Waals surface area contributed by atoms with Crippen molar-refractivity contribution in [3.05, 3.63) is 41.2 Å². The Morgan fingerprint density at radius 2 is 2.15 bits per heavy atom. The van der Waals surface area contributed by atoms with E-state index in [2.05, 4.69) is 6.07 Å². The molecule has 13 heavy (non-hydrogen) atoms. The molecular weight excluding hydrogens is 289 g/mol. The molecule has 0 saturated heterocycles. The van der Waals surface area contributed by atoms with E-state index in [4.69, 9.17) is 17.0 Å². The number of rotatable bonds is 0. The fraction of sp³-hybridized carbons (Fsp3) is 0.111. The Morgan fingerprint density at radius 1 is 1.46 bits per heavy atom. The van der Waals surface area contributed by atoms with Crippen molar-refractivity contribution in [3.8, 4) is 0 Å². The molecule has 0 radical (unpaired) electrons. The normalized spacial score (nSPS) is 11.6. The number of hydrogen-bond acceptors (Lipinski definition) is 0. The molecule has 0 spiro atoms. The van der Waals surface area contributed by atoms with Crippen LogP contribution in [0.3, 0.4) is 0 Å². The van der Waals surface area contributed by atoms with E-state index in [-0.39, 0.29) is 5.82 Å². The van der Waals surface area contributed by atoms with Gasteiger partial charge in [-0.25, -0.2) is 4.39 Å². The maximum atomic E-state index is 12.5. The first kappa shape index (κ1) is 11.4. The van der Waals surface area contributed by atoms with E-state index in [1.165, 1.54) is 6.07 Å². The molecule has 0 atom stereocenters. The van der Waals surface area contributed by atoms with Crippen LogP contribution in [0, 0.1) is 11.9 Å². The summed E-state index contributed by atoms with van der Waals surface area (Å²) >= 11 is -0.826. The van der Waals surface area contributed by atoms with Crippen LogP contribution in [0.15, 0.2) is 18.2 Å². The minimum atomic E-state index is -0.826. The molecule has 1 aliphatic rings. The van der Waals surface area contributed by atoms with Gasteiger partial charge in [0, 0.05) is 5.82 Å². The van der Waals surface area contributed by atoms with Gasteiger partial charge in [0.15, 0.2) is 0 Å². The van der Waals surface area contributed by atoms with Crippen LogP contribution in [-0.2, 0) is 27.3 Å². The summed E-state index contributed by atoms with van der Waals surface area (Å²) < 4.78 is 12.5. The monoisotopic (exact) mass is 293 g/mol. The van der Waals surface area contributed by atoms with Crippen molar-refractivity contribution in [2.24, 2.45) is 0 Å². The first-order valence-corrected chi connectivity index (χ1v) is 9.94. The molecule has 2 rings (SSSR count). The fourth-order valence-corrected chi connectivity index (χ4v) is 1.16. The third-order valence-corrected chi connectivity index (χ3v) is 1.67. The van der Waals surface area contributed by atoms with Gasteiger partial charge in [0.1, 0.15) is 0 Å². The molecule has 0 N–H and O–H groups in total. The van der Waals surface area contributed by atoms with Crippen molar-refractivity contribution in [1.82, 2.24) is 0 Å². The van der Waals surface area contributed by atoms with Crippen LogP contribution >= 0.6 is 17.0 Å². The molecule has 0 unspecified atom stereocenters. The van der Waals surface area contributed by atoms with Crippen molar-refractivity contribution in [1.29, 1.82) is 0 Å². The molecule has 0 heterocycles. The predicted octanol–water partition coefficient (Wildman–Crippen LogP) is 3.57. The maximum absolute atomic E-state index is 12.5. The Bertz CT molecular complexity index is 312. The molecule has 1 aromatic carbocycles. The van der Waals surface area contributed by atoms with Gasteiger partial charge in [-0.3, -0.25) is 0 Å². The SMILES string of the molecule is Fc1[c-]cc2c(c1)CC=C2.[Cl][Zr][Cl]. The third kappa shape index (κ3) is 3.54. The van der Waals surface area contributed by atoms with Gasteiger partial charge in [0.05, 0.1) is 0 Å². The second-order valence-corrected chi connectivity index (χ2v) is 6.17. The summed E-state index contributed by atoms with van der Waals surface area (Å²) in [5, 5.41) is 0. The number of hydrogen-bond donors (Lipinski definition) is 0. The van der Waals surface area contributed by atoms with Crippen LogP contribution in [-0.4, -0.2) is 0 Å². The van der Waals surface area contributed by atoms with E-state index in [1.54, 1.807) is 6.07 Å². The van der Waals surface area contributed by atoms with Crippen LogP contribution < -0.4 is 0 Å². The molecule has 0 aromatic heterocycles. The zero-order valence-electron chi connectivity index (χ0n) is 6.65. The Morgan fingerprint density at radius 3 is 2.85 bits per heavy atom. The average Bonchev–Trinajstić information content (AvgIpc) is 2.52. The number of halogens is 3. The quantitative estimate of drug-likeness (QED) is 0.642. The molecule has 4 heteroatoms. The van der Waals surface area contributed by atoms with Gasteiger partial charge >= 0.3 is 37.9 Å². The number of benzene rings is 1. The van der Waals surface area contributed by atoms with Crippen LogP contribution in [0.5, 0.6) is 0 Å². The summed E-state index contributed by atoms with van der Waals surface area (Å²) in [6, 6.07) is 5.74. The van der Waals surface area contributed by atoms with E-state index in [9.17, 15) is 4.39 Å². The van der Waals surface area contributed by atoms with Gasteiger partial charge in [0.2, 0.25) is 0 Å². The Balaban J connectivity index is 0.000000251. The molecule has 1 aromatic rings. The Labute approximate surface area is 95.4 Å². The van der Waals surface area contributed by atoms with Crippen LogP contribution in [0.2, 0.25) is 0 Å². The van der Waals surface area contributed by atoms with Gasteiger partial charge in [-0.05, 0) is 6.42 Å². The van der Waals surface area contributed by atoms with E-state index < -0.39 is 20.8 Å². The van der Waals surface area contributed by atoms with Crippen molar-refractivity contribution < 1.29 is 25.2 Å². The summed E-state index contributed by atoms with van der Waals surface area (Å²) in [4.78, 5) is 0. The zero-order valence-corrected chi connectivity index (χ0v) is 10.6. The molecule has 0 bridgehead atoms. The molecule has 0 fully saturated rings. The van der Waals surface area contributed by atoms with Crippen molar-refractivity contribution >= 4 is 23.1 Å². The van der Waals surface area contributed by atoms with Crippen LogP contribution in [0.4, 0.5) is 4.39 Å². The first-order valence-electron chi connectivity index (χ1n) is 3.61. The molecule has 68 valence electrons. The zero-order chi connectivity index (χ0) is 9.68. The van der Waals surface area contributed by atoms with Crippen molar-refractivity contribution in [2.75, 3.05) is 0 Å². The molecular formula is C9H6Cl2FZr-.